The van der Waals surface area contributed by atoms with Gasteiger partial charge in [-0.2, -0.15) is 0 Å². The number of carbonyl (C=O) groups is 1. The number of ether oxygens (including phenoxy) is 1. The molecular weight excluding hydrogens is 486 g/mol. The quantitative estimate of drug-likeness (QED) is 0.449. The van der Waals surface area contributed by atoms with Gasteiger partial charge in [0, 0.05) is 56.6 Å². The van der Waals surface area contributed by atoms with Crippen molar-refractivity contribution < 1.29 is 9.53 Å². The monoisotopic (exact) mass is 527 g/mol. The third kappa shape index (κ3) is 5.35. The lowest BCUT2D eigenvalue weighted by atomic mass is 10.00. The molecule has 1 aromatic heterocycles. The molecule has 7 heteroatoms. The summed E-state index contributed by atoms with van der Waals surface area (Å²) in [6.45, 7) is 11.5. The van der Waals surface area contributed by atoms with Gasteiger partial charge in [0.2, 0.25) is 0 Å². The number of hydrogen-bond acceptors (Lipinski definition) is 4. The van der Waals surface area contributed by atoms with E-state index in [9.17, 15) is 4.79 Å². The Morgan fingerprint density at radius 1 is 0.949 bits per heavy atom. The molecule has 3 aliphatic heterocycles. The zero-order valence-electron chi connectivity index (χ0n) is 23.8. The molecular formula is C32H41N5O2. The summed E-state index contributed by atoms with van der Waals surface area (Å²) in [6.07, 6.45) is 5.35. The molecule has 1 unspecified atom stereocenters. The van der Waals surface area contributed by atoms with Crippen LogP contribution in [-0.2, 0) is 24.2 Å². The Morgan fingerprint density at radius 2 is 1.69 bits per heavy atom. The molecule has 7 nitrogen and oxygen atoms in total. The molecule has 1 atom stereocenters. The molecule has 3 aromatic rings. The van der Waals surface area contributed by atoms with Crippen LogP contribution in [0.1, 0.15) is 62.2 Å². The van der Waals surface area contributed by atoms with E-state index in [4.69, 9.17) is 9.72 Å². The molecule has 0 aliphatic carbocycles. The summed E-state index contributed by atoms with van der Waals surface area (Å²) in [7, 11) is 2.19. The third-order valence-corrected chi connectivity index (χ3v) is 8.52. The molecule has 0 N–H and O–H groups in total. The van der Waals surface area contributed by atoms with Crippen LogP contribution in [0.15, 0.2) is 54.7 Å². The van der Waals surface area contributed by atoms with Crippen molar-refractivity contribution in [2.75, 3.05) is 33.2 Å². The summed E-state index contributed by atoms with van der Waals surface area (Å²) < 4.78 is 9.15. The zero-order valence-corrected chi connectivity index (χ0v) is 23.8. The largest absolute Gasteiger partial charge is 0.362 e. The minimum atomic E-state index is -0.155. The Kier molecular flexibility index (Phi) is 6.98. The molecule has 2 saturated heterocycles. The molecule has 2 fully saturated rings. The summed E-state index contributed by atoms with van der Waals surface area (Å²) in [5.74, 6) is 1.00. The molecule has 2 aromatic carbocycles. The number of fused-ring (bicyclic) bond motifs is 2. The van der Waals surface area contributed by atoms with Crippen LogP contribution >= 0.6 is 0 Å². The second-order valence-electron chi connectivity index (χ2n) is 12.4. The van der Waals surface area contributed by atoms with Crippen molar-refractivity contribution in [3.05, 3.63) is 77.2 Å². The normalized spacial score (nSPS) is 20.7. The third-order valence-electron chi connectivity index (χ3n) is 8.52. The number of rotatable bonds is 5. The summed E-state index contributed by atoms with van der Waals surface area (Å²) >= 11 is 0. The highest BCUT2D eigenvalue weighted by Gasteiger charge is 2.35. The first-order chi connectivity index (χ1) is 18.8. The van der Waals surface area contributed by atoms with Crippen LogP contribution in [0.2, 0.25) is 0 Å². The first-order valence-electron chi connectivity index (χ1n) is 14.4. The van der Waals surface area contributed by atoms with Crippen molar-refractivity contribution in [2.24, 2.45) is 0 Å². The van der Waals surface area contributed by atoms with E-state index in [0.717, 1.165) is 74.6 Å². The molecule has 0 bridgehead atoms. The molecule has 206 valence electrons. The minimum absolute atomic E-state index is 0.125. The van der Waals surface area contributed by atoms with Crippen LogP contribution in [0, 0.1) is 0 Å². The molecule has 0 saturated carbocycles. The maximum Gasteiger partial charge on any atom is 0.320 e. The van der Waals surface area contributed by atoms with Gasteiger partial charge in [-0.25, -0.2) is 9.78 Å². The van der Waals surface area contributed by atoms with Gasteiger partial charge in [-0.3, -0.25) is 0 Å². The Bertz CT molecular complexity index is 1320. The van der Waals surface area contributed by atoms with E-state index in [2.05, 4.69) is 92.0 Å². The second kappa shape index (κ2) is 10.4. The first-order valence-corrected chi connectivity index (χ1v) is 14.4. The summed E-state index contributed by atoms with van der Waals surface area (Å²) in [4.78, 5) is 24.4. The lowest BCUT2D eigenvalue weighted by molar-refractivity contribution is -0.0275. The van der Waals surface area contributed by atoms with E-state index in [1.54, 1.807) is 0 Å². The van der Waals surface area contributed by atoms with E-state index in [-0.39, 0.29) is 23.8 Å². The fraction of sp³-hybridized carbons (Fsp3) is 0.500. The van der Waals surface area contributed by atoms with Crippen molar-refractivity contribution in [1.29, 1.82) is 0 Å². The maximum atomic E-state index is 12.9. The van der Waals surface area contributed by atoms with E-state index in [0.29, 0.717) is 6.54 Å². The number of imidazole rings is 1. The smallest absolute Gasteiger partial charge is 0.320 e. The summed E-state index contributed by atoms with van der Waals surface area (Å²) in [5, 5.41) is 0. The predicted octanol–water partition coefficient (Wildman–Crippen LogP) is 5.34. The van der Waals surface area contributed by atoms with Crippen LogP contribution < -0.4 is 0 Å². The fourth-order valence-electron chi connectivity index (χ4n) is 6.16. The molecule has 2 amide bonds. The highest BCUT2D eigenvalue weighted by molar-refractivity contribution is 5.77. The zero-order chi connectivity index (χ0) is 27.1. The standard InChI is InChI=1S/C32H41N5O2/c1-32(2,3)37-20-19-36(31(37)38)21-23-9-11-25(12-10-23)28-22-35-18-13-24-7-5-6-8-27(24)29(30(35)33-28)39-26-14-16-34(4)17-15-26/h5-12,22,26,29H,13-21H2,1-4H3. The van der Waals surface area contributed by atoms with Gasteiger partial charge in [-0.05, 0) is 63.8 Å². The van der Waals surface area contributed by atoms with Crippen LogP contribution in [0.3, 0.4) is 0 Å². The first kappa shape index (κ1) is 26.1. The average molecular weight is 528 g/mol. The number of aryl methyl sites for hydroxylation is 2. The van der Waals surface area contributed by atoms with Gasteiger partial charge in [-0.15, -0.1) is 0 Å². The molecule has 3 aliphatic rings. The van der Waals surface area contributed by atoms with E-state index in [1.807, 2.05) is 9.80 Å². The summed E-state index contributed by atoms with van der Waals surface area (Å²) in [5.41, 5.74) is 5.67. The Labute approximate surface area is 232 Å². The molecule has 4 heterocycles. The number of benzene rings is 2. The number of carbonyl (C=O) groups excluding carboxylic acids is 1. The van der Waals surface area contributed by atoms with Crippen LogP contribution in [0.5, 0.6) is 0 Å². The number of aromatic nitrogens is 2. The van der Waals surface area contributed by atoms with Gasteiger partial charge in [-0.1, -0.05) is 48.5 Å². The van der Waals surface area contributed by atoms with Gasteiger partial charge in [0.1, 0.15) is 11.9 Å². The van der Waals surface area contributed by atoms with E-state index in [1.165, 1.54) is 11.1 Å². The predicted molar refractivity (Wildman–Crippen MR) is 154 cm³/mol. The van der Waals surface area contributed by atoms with E-state index >= 15 is 0 Å². The van der Waals surface area contributed by atoms with Gasteiger partial charge in [0.05, 0.1) is 11.8 Å². The average Bonchev–Trinajstić information content (AvgIpc) is 3.48. The van der Waals surface area contributed by atoms with Gasteiger partial charge < -0.3 is 24.0 Å². The van der Waals surface area contributed by atoms with Crippen LogP contribution in [0.25, 0.3) is 11.3 Å². The number of likely N-dealkylation sites (tertiary alicyclic amines) is 1. The minimum Gasteiger partial charge on any atom is -0.362 e. The lowest BCUT2D eigenvalue weighted by Crippen LogP contribution is -2.44. The van der Waals surface area contributed by atoms with Crippen molar-refractivity contribution in [3.8, 4) is 11.3 Å². The second-order valence-corrected chi connectivity index (χ2v) is 12.4. The number of urea groups is 1. The van der Waals surface area contributed by atoms with Crippen molar-refractivity contribution in [1.82, 2.24) is 24.3 Å². The lowest BCUT2D eigenvalue weighted by Gasteiger charge is -2.32. The summed E-state index contributed by atoms with van der Waals surface area (Å²) in [6, 6.07) is 17.4. The SMILES string of the molecule is CN1CCC(OC2c3ccccc3CCn3cc(-c4ccc(CN5CCN(C(C)(C)C)C5=O)cc4)nc32)CC1. The molecule has 39 heavy (non-hydrogen) atoms. The molecule has 0 spiro atoms. The topological polar surface area (TPSA) is 53.8 Å². The van der Waals surface area contributed by atoms with Gasteiger partial charge >= 0.3 is 6.03 Å². The van der Waals surface area contributed by atoms with Gasteiger partial charge in [0.15, 0.2) is 0 Å². The fourth-order valence-corrected chi connectivity index (χ4v) is 6.16. The van der Waals surface area contributed by atoms with Crippen LogP contribution in [0.4, 0.5) is 4.79 Å². The van der Waals surface area contributed by atoms with E-state index < -0.39 is 0 Å². The number of nitrogens with zero attached hydrogens (tertiary/aromatic N) is 5. The number of piperidine rings is 1. The van der Waals surface area contributed by atoms with Crippen molar-refractivity contribution in [3.63, 3.8) is 0 Å². The Balaban J connectivity index is 1.22. The number of hydrogen-bond donors (Lipinski definition) is 0. The van der Waals surface area contributed by atoms with Gasteiger partial charge in [0.25, 0.3) is 0 Å². The maximum absolute atomic E-state index is 12.9. The number of amides is 2. The Morgan fingerprint density at radius 3 is 2.41 bits per heavy atom. The molecule has 0 radical (unpaired) electrons. The highest BCUT2D eigenvalue weighted by Crippen LogP contribution is 2.36. The van der Waals surface area contributed by atoms with Crippen molar-refractivity contribution >= 4 is 6.03 Å². The Hall–Kier alpha value is -3.16. The van der Waals surface area contributed by atoms with Crippen LogP contribution in [-0.4, -0.2) is 75.2 Å². The van der Waals surface area contributed by atoms with Crippen molar-refractivity contribution in [2.45, 2.75) is 70.9 Å². The molecule has 6 rings (SSSR count). The highest BCUT2D eigenvalue weighted by atomic mass is 16.5.